The molecule has 2 rings (SSSR count). The molecular weight excluding hydrogens is 235 g/mol. The van der Waals surface area contributed by atoms with Gasteiger partial charge in [0, 0.05) is 24.6 Å². The Kier molecular flexibility index (Phi) is 3.60. The molecule has 0 spiro atoms. The molecule has 5 heteroatoms. The van der Waals surface area contributed by atoms with Crippen molar-refractivity contribution in [1.82, 2.24) is 0 Å². The van der Waals surface area contributed by atoms with E-state index < -0.39 is 5.82 Å². The minimum absolute atomic E-state index is 0.112. The number of halogens is 1. The highest BCUT2D eigenvalue weighted by atomic mass is 19.1. The van der Waals surface area contributed by atoms with Crippen molar-refractivity contribution in [3.05, 3.63) is 29.6 Å². The molecule has 0 aliphatic carbocycles. The maximum absolute atomic E-state index is 13.8. The number of amides is 1. The maximum Gasteiger partial charge on any atom is 0.220 e. The van der Waals surface area contributed by atoms with Crippen LogP contribution in [0.3, 0.4) is 0 Å². The van der Waals surface area contributed by atoms with Gasteiger partial charge in [0.25, 0.3) is 0 Å². The van der Waals surface area contributed by atoms with Gasteiger partial charge < -0.3 is 10.6 Å². The average molecular weight is 250 g/mol. The summed E-state index contributed by atoms with van der Waals surface area (Å²) in [6.45, 7) is 1.20. The summed E-state index contributed by atoms with van der Waals surface area (Å²) >= 11 is 0. The first kappa shape index (κ1) is 12.5. The molecule has 1 aromatic rings. The number of benzene rings is 1. The Hall–Kier alpha value is -1.91. The second-order valence-electron chi connectivity index (χ2n) is 4.49. The Morgan fingerprint density at radius 1 is 1.39 bits per heavy atom. The summed E-state index contributed by atoms with van der Waals surface area (Å²) in [5.41, 5.74) is 6.05. The second kappa shape index (κ2) is 5.16. The summed E-state index contributed by atoms with van der Waals surface area (Å²) in [5.74, 6) is -0.804. The summed E-state index contributed by atoms with van der Waals surface area (Å²) in [5, 5.41) is 0. The van der Waals surface area contributed by atoms with E-state index in [0.717, 1.165) is 0 Å². The number of carbonyl (C=O) groups excluding carboxylic acids is 2. The van der Waals surface area contributed by atoms with E-state index in [0.29, 0.717) is 43.5 Å². The number of nitrogens with two attached hydrogens (primary N) is 1. The van der Waals surface area contributed by atoms with Crippen LogP contribution in [0.25, 0.3) is 0 Å². The van der Waals surface area contributed by atoms with Gasteiger partial charge in [-0.25, -0.2) is 4.39 Å². The normalized spacial score (nSPS) is 16.6. The van der Waals surface area contributed by atoms with Crippen LogP contribution in [-0.2, 0) is 4.79 Å². The van der Waals surface area contributed by atoms with Crippen LogP contribution in [0.2, 0.25) is 0 Å². The number of hydrogen-bond acceptors (Lipinski definition) is 3. The van der Waals surface area contributed by atoms with Gasteiger partial charge in [-0.15, -0.1) is 0 Å². The van der Waals surface area contributed by atoms with Crippen LogP contribution in [0.15, 0.2) is 18.2 Å². The first-order valence-electron chi connectivity index (χ1n) is 5.91. The predicted octanol–water partition coefficient (Wildman–Crippen LogP) is 1.34. The Morgan fingerprint density at radius 2 is 2.06 bits per heavy atom. The molecule has 0 radical (unpaired) electrons. The van der Waals surface area contributed by atoms with Gasteiger partial charge in [0.1, 0.15) is 12.1 Å². The highest BCUT2D eigenvalue weighted by Crippen LogP contribution is 2.25. The zero-order valence-corrected chi connectivity index (χ0v) is 9.93. The Morgan fingerprint density at radius 3 is 2.56 bits per heavy atom. The van der Waals surface area contributed by atoms with E-state index >= 15 is 0 Å². The third kappa shape index (κ3) is 2.50. The van der Waals surface area contributed by atoms with Gasteiger partial charge in [0.15, 0.2) is 0 Å². The molecule has 1 saturated heterocycles. The lowest BCUT2D eigenvalue weighted by molar-refractivity contribution is -0.122. The van der Waals surface area contributed by atoms with Gasteiger partial charge in [-0.05, 0) is 31.0 Å². The lowest BCUT2D eigenvalue weighted by atomic mass is 9.96. The van der Waals surface area contributed by atoms with E-state index in [1.54, 1.807) is 12.1 Å². The van der Waals surface area contributed by atoms with Crippen molar-refractivity contribution < 1.29 is 14.0 Å². The van der Waals surface area contributed by atoms with Gasteiger partial charge in [-0.1, -0.05) is 0 Å². The van der Waals surface area contributed by atoms with Crippen LogP contribution >= 0.6 is 0 Å². The first-order valence-corrected chi connectivity index (χ1v) is 5.91. The molecule has 18 heavy (non-hydrogen) atoms. The van der Waals surface area contributed by atoms with Crippen LogP contribution in [0.1, 0.15) is 23.2 Å². The van der Waals surface area contributed by atoms with Crippen molar-refractivity contribution in [2.24, 2.45) is 11.7 Å². The fraction of sp³-hybridized carbons (Fsp3) is 0.385. The average Bonchev–Trinajstić information content (AvgIpc) is 2.38. The van der Waals surface area contributed by atoms with Crippen molar-refractivity contribution in [3.63, 3.8) is 0 Å². The van der Waals surface area contributed by atoms with E-state index in [4.69, 9.17) is 5.73 Å². The molecule has 1 fully saturated rings. The third-order valence-electron chi connectivity index (χ3n) is 3.35. The monoisotopic (exact) mass is 250 g/mol. The summed E-state index contributed by atoms with van der Waals surface area (Å²) in [6.07, 6.45) is 1.90. The molecule has 1 heterocycles. The van der Waals surface area contributed by atoms with Crippen LogP contribution in [0.4, 0.5) is 10.1 Å². The maximum atomic E-state index is 13.8. The molecule has 0 atom stereocenters. The van der Waals surface area contributed by atoms with E-state index in [1.807, 2.05) is 4.90 Å². The van der Waals surface area contributed by atoms with Crippen molar-refractivity contribution in [2.45, 2.75) is 12.8 Å². The van der Waals surface area contributed by atoms with Crippen LogP contribution < -0.4 is 10.6 Å². The molecular formula is C13H15FN2O2. The van der Waals surface area contributed by atoms with Crippen molar-refractivity contribution >= 4 is 17.9 Å². The Bertz CT molecular complexity index is 468. The predicted molar refractivity (Wildman–Crippen MR) is 65.9 cm³/mol. The van der Waals surface area contributed by atoms with E-state index in [2.05, 4.69) is 0 Å². The molecule has 1 amide bonds. The topological polar surface area (TPSA) is 63.4 Å². The van der Waals surface area contributed by atoms with Crippen LogP contribution in [0.5, 0.6) is 0 Å². The number of piperidine rings is 1. The quantitative estimate of drug-likeness (QED) is 0.823. The number of primary amides is 1. The minimum atomic E-state index is -0.405. The number of rotatable bonds is 3. The van der Waals surface area contributed by atoms with Gasteiger partial charge in [-0.2, -0.15) is 0 Å². The molecule has 0 aromatic heterocycles. The van der Waals surface area contributed by atoms with E-state index in [9.17, 15) is 14.0 Å². The van der Waals surface area contributed by atoms with Crippen molar-refractivity contribution in [2.75, 3.05) is 18.0 Å². The van der Waals surface area contributed by atoms with Gasteiger partial charge in [0.05, 0.1) is 5.69 Å². The van der Waals surface area contributed by atoms with Crippen molar-refractivity contribution in [3.8, 4) is 0 Å². The van der Waals surface area contributed by atoms with Gasteiger partial charge in [-0.3, -0.25) is 9.59 Å². The van der Waals surface area contributed by atoms with E-state index in [-0.39, 0.29) is 11.8 Å². The molecule has 0 unspecified atom stereocenters. The van der Waals surface area contributed by atoms with Crippen LogP contribution in [-0.4, -0.2) is 25.3 Å². The fourth-order valence-electron chi connectivity index (χ4n) is 2.26. The summed E-state index contributed by atoms with van der Waals surface area (Å²) < 4.78 is 13.8. The number of nitrogens with zero attached hydrogens (tertiary/aromatic N) is 1. The van der Waals surface area contributed by atoms with E-state index in [1.165, 1.54) is 6.07 Å². The number of carbonyl (C=O) groups is 2. The zero-order valence-electron chi connectivity index (χ0n) is 9.93. The summed E-state index contributed by atoms with van der Waals surface area (Å²) in [7, 11) is 0. The number of aldehydes is 1. The lowest BCUT2D eigenvalue weighted by Gasteiger charge is -2.32. The lowest BCUT2D eigenvalue weighted by Crippen LogP contribution is -2.38. The molecule has 0 bridgehead atoms. The Balaban J connectivity index is 2.10. The second-order valence-corrected chi connectivity index (χ2v) is 4.49. The standard InChI is InChI=1S/C13H15FN2O2/c14-11-7-9(8-17)1-2-12(11)16-5-3-10(4-6-16)13(15)18/h1-2,7-8,10H,3-6H2,(H2,15,18). The molecule has 4 nitrogen and oxygen atoms in total. The van der Waals surface area contributed by atoms with Gasteiger partial charge in [0.2, 0.25) is 5.91 Å². The zero-order chi connectivity index (χ0) is 13.1. The molecule has 1 aliphatic rings. The molecule has 0 saturated carbocycles. The molecule has 2 N–H and O–H groups in total. The first-order chi connectivity index (χ1) is 8.61. The SMILES string of the molecule is NC(=O)C1CCN(c2ccc(C=O)cc2F)CC1. The molecule has 96 valence electrons. The summed E-state index contributed by atoms with van der Waals surface area (Å²) in [4.78, 5) is 23.4. The Labute approximate surface area is 105 Å². The highest BCUT2D eigenvalue weighted by Gasteiger charge is 2.24. The van der Waals surface area contributed by atoms with Crippen LogP contribution in [0, 0.1) is 11.7 Å². The minimum Gasteiger partial charge on any atom is -0.369 e. The third-order valence-corrected chi connectivity index (χ3v) is 3.35. The number of hydrogen-bond donors (Lipinski definition) is 1. The smallest absolute Gasteiger partial charge is 0.220 e. The fourth-order valence-corrected chi connectivity index (χ4v) is 2.26. The molecule has 1 aromatic carbocycles. The largest absolute Gasteiger partial charge is 0.369 e. The van der Waals surface area contributed by atoms with Gasteiger partial charge >= 0.3 is 0 Å². The number of anilines is 1. The summed E-state index contributed by atoms with van der Waals surface area (Å²) in [6, 6.07) is 4.41. The highest BCUT2D eigenvalue weighted by molar-refractivity contribution is 5.77. The molecule has 1 aliphatic heterocycles. The van der Waals surface area contributed by atoms with Crippen molar-refractivity contribution in [1.29, 1.82) is 0 Å².